The Bertz CT molecular complexity index is 1050. The van der Waals surface area contributed by atoms with Gasteiger partial charge in [-0.15, -0.1) is 0 Å². The fourth-order valence-electron chi connectivity index (χ4n) is 2.89. The Kier molecular flexibility index (Phi) is 4.23. The van der Waals surface area contributed by atoms with Crippen LogP contribution in [0, 0.1) is 0 Å². The van der Waals surface area contributed by atoms with E-state index in [1.807, 2.05) is 73.7 Å². The largest absolute Gasteiger partial charge is 0.493 e. The first-order valence-electron chi connectivity index (χ1n) is 8.48. The number of esters is 1. The van der Waals surface area contributed by atoms with Crippen LogP contribution in [0.2, 0.25) is 0 Å². The Balaban J connectivity index is 1.71. The van der Waals surface area contributed by atoms with Gasteiger partial charge in [0, 0.05) is 11.1 Å². The highest BCUT2D eigenvalue weighted by Gasteiger charge is 2.24. The van der Waals surface area contributed by atoms with Crippen molar-refractivity contribution in [1.29, 1.82) is 0 Å². The van der Waals surface area contributed by atoms with Crippen LogP contribution in [0.15, 0.2) is 77.4 Å². The number of para-hydroxylation sites is 1. The van der Waals surface area contributed by atoms with Gasteiger partial charge in [-0.1, -0.05) is 48.5 Å². The summed E-state index contributed by atoms with van der Waals surface area (Å²) >= 11 is 0. The van der Waals surface area contributed by atoms with Crippen molar-refractivity contribution in [3.63, 3.8) is 0 Å². The number of benzene rings is 3. The first kappa shape index (κ1) is 16.1. The molecule has 0 unspecified atom stereocenters. The summed E-state index contributed by atoms with van der Waals surface area (Å²) < 4.78 is 11.0. The lowest BCUT2D eigenvalue weighted by atomic mass is 10.1. The number of hydrogen-bond donors (Lipinski definition) is 0. The molecule has 1 heterocycles. The van der Waals surface area contributed by atoms with Crippen LogP contribution in [-0.4, -0.2) is 18.5 Å². The third-order valence-corrected chi connectivity index (χ3v) is 4.13. The van der Waals surface area contributed by atoms with Gasteiger partial charge in [0.1, 0.15) is 5.75 Å². The molecule has 0 atom stereocenters. The smallest absolute Gasteiger partial charge is 0.363 e. The molecular weight excluding hydrogens is 326 g/mol. The molecule has 128 valence electrons. The van der Waals surface area contributed by atoms with E-state index in [0.717, 1.165) is 21.9 Å². The zero-order chi connectivity index (χ0) is 17.9. The number of nitrogens with zero attached hydrogens (tertiary/aromatic N) is 1. The van der Waals surface area contributed by atoms with Crippen molar-refractivity contribution in [3.05, 3.63) is 83.6 Å². The number of ether oxygens (including phenoxy) is 2. The van der Waals surface area contributed by atoms with E-state index in [4.69, 9.17) is 9.47 Å². The van der Waals surface area contributed by atoms with E-state index in [9.17, 15) is 4.79 Å². The Labute approximate surface area is 151 Å². The molecule has 26 heavy (non-hydrogen) atoms. The van der Waals surface area contributed by atoms with Gasteiger partial charge in [-0.05, 0) is 42.0 Å². The minimum atomic E-state index is -0.459. The summed E-state index contributed by atoms with van der Waals surface area (Å²) in [6, 6.07) is 21.4. The molecule has 3 aromatic carbocycles. The summed E-state index contributed by atoms with van der Waals surface area (Å²) in [4.78, 5) is 16.6. The molecule has 4 rings (SSSR count). The van der Waals surface area contributed by atoms with Gasteiger partial charge in [0.15, 0.2) is 5.70 Å². The maximum absolute atomic E-state index is 12.2. The van der Waals surface area contributed by atoms with E-state index in [-0.39, 0.29) is 5.70 Å². The Hall–Kier alpha value is -3.40. The average molecular weight is 343 g/mol. The predicted molar refractivity (Wildman–Crippen MR) is 102 cm³/mol. The third-order valence-electron chi connectivity index (χ3n) is 4.13. The number of hydrogen-bond acceptors (Lipinski definition) is 4. The van der Waals surface area contributed by atoms with Gasteiger partial charge >= 0.3 is 5.97 Å². The average Bonchev–Trinajstić information content (AvgIpc) is 3.04. The lowest BCUT2D eigenvalue weighted by Gasteiger charge is -2.06. The molecule has 0 radical (unpaired) electrons. The fourth-order valence-corrected chi connectivity index (χ4v) is 2.89. The molecule has 4 nitrogen and oxygen atoms in total. The van der Waals surface area contributed by atoms with Gasteiger partial charge in [-0.3, -0.25) is 0 Å². The van der Waals surface area contributed by atoms with Gasteiger partial charge < -0.3 is 9.47 Å². The summed E-state index contributed by atoms with van der Waals surface area (Å²) in [7, 11) is 0. The van der Waals surface area contributed by atoms with E-state index in [2.05, 4.69) is 4.99 Å². The van der Waals surface area contributed by atoms with E-state index in [1.54, 1.807) is 6.08 Å². The first-order valence-corrected chi connectivity index (χ1v) is 8.48. The highest BCUT2D eigenvalue weighted by molar-refractivity contribution is 6.13. The summed E-state index contributed by atoms with van der Waals surface area (Å²) in [6.45, 7) is 2.47. The molecule has 0 aliphatic carbocycles. The molecule has 1 aliphatic heterocycles. The van der Waals surface area contributed by atoms with Crippen LogP contribution < -0.4 is 4.74 Å². The number of aliphatic imine (C=N–C) groups is 1. The van der Waals surface area contributed by atoms with Crippen molar-refractivity contribution in [1.82, 2.24) is 0 Å². The lowest BCUT2D eigenvalue weighted by Crippen LogP contribution is -2.05. The van der Waals surface area contributed by atoms with Gasteiger partial charge in [-0.25, -0.2) is 9.79 Å². The minimum absolute atomic E-state index is 0.264. The number of rotatable bonds is 4. The molecule has 0 saturated carbocycles. The van der Waals surface area contributed by atoms with Crippen molar-refractivity contribution in [2.75, 3.05) is 6.61 Å². The summed E-state index contributed by atoms with van der Waals surface area (Å²) in [5.41, 5.74) is 1.84. The quantitative estimate of drug-likeness (QED) is 0.514. The predicted octanol–water partition coefficient (Wildman–Crippen LogP) is 4.58. The molecular formula is C22H17NO3. The third kappa shape index (κ3) is 3.09. The number of carbonyl (C=O) groups excluding carboxylic acids is 1. The molecule has 0 saturated heterocycles. The van der Waals surface area contributed by atoms with Crippen molar-refractivity contribution in [3.8, 4) is 5.75 Å². The normalized spacial score (nSPS) is 15.2. The highest BCUT2D eigenvalue weighted by Crippen LogP contribution is 2.25. The second-order valence-corrected chi connectivity index (χ2v) is 5.87. The molecule has 0 aromatic heterocycles. The second-order valence-electron chi connectivity index (χ2n) is 5.87. The Morgan fingerprint density at radius 2 is 1.77 bits per heavy atom. The molecule has 0 fully saturated rings. The fraction of sp³-hybridized carbons (Fsp3) is 0.0909. The van der Waals surface area contributed by atoms with Gasteiger partial charge in [0.05, 0.1) is 6.61 Å². The van der Waals surface area contributed by atoms with Crippen LogP contribution in [0.5, 0.6) is 5.75 Å². The van der Waals surface area contributed by atoms with Crippen LogP contribution in [0.3, 0.4) is 0 Å². The molecule has 0 bridgehead atoms. The minimum Gasteiger partial charge on any atom is -0.493 e. The zero-order valence-electron chi connectivity index (χ0n) is 14.3. The molecule has 0 amide bonds. The standard InChI is InChI=1S/C22H17NO3/c1-2-25-20-10-6-5-9-17(20)14-19-22(24)26-21(23-19)18-12-11-15-7-3-4-8-16(15)13-18/h3-14H,2H2,1H3/b19-14-. The molecule has 1 aliphatic rings. The molecule has 4 heteroatoms. The zero-order valence-corrected chi connectivity index (χ0v) is 14.3. The molecule has 0 spiro atoms. The first-order chi connectivity index (χ1) is 12.7. The number of fused-ring (bicyclic) bond motifs is 1. The van der Waals surface area contributed by atoms with Crippen molar-refractivity contribution in [2.45, 2.75) is 6.92 Å². The van der Waals surface area contributed by atoms with Crippen molar-refractivity contribution >= 4 is 28.7 Å². The molecule has 0 N–H and O–H groups in total. The van der Waals surface area contributed by atoms with Gasteiger partial charge in [-0.2, -0.15) is 0 Å². The second kappa shape index (κ2) is 6.84. The van der Waals surface area contributed by atoms with E-state index < -0.39 is 5.97 Å². The van der Waals surface area contributed by atoms with Crippen LogP contribution >= 0.6 is 0 Å². The Morgan fingerprint density at radius 3 is 2.62 bits per heavy atom. The Morgan fingerprint density at radius 1 is 1.00 bits per heavy atom. The summed E-state index contributed by atoms with van der Waals surface area (Å²) in [5.74, 6) is 0.574. The summed E-state index contributed by atoms with van der Waals surface area (Å²) in [6.07, 6.45) is 1.70. The van der Waals surface area contributed by atoms with Gasteiger partial charge in [0.2, 0.25) is 5.90 Å². The van der Waals surface area contributed by atoms with E-state index in [0.29, 0.717) is 18.3 Å². The van der Waals surface area contributed by atoms with Gasteiger partial charge in [0.25, 0.3) is 0 Å². The van der Waals surface area contributed by atoms with E-state index in [1.165, 1.54) is 0 Å². The van der Waals surface area contributed by atoms with Crippen molar-refractivity contribution < 1.29 is 14.3 Å². The maximum atomic E-state index is 12.2. The van der Waals surface area contributed by atoms with Crippen LogP contribution in [-0.2, 0) is 9.53 Å². The topological polar surface area (TPSA) is 47.9 Å². The highest BCUT2D eigenvalue weighted by atomic mass is 16.6. The number of cyclic esters (lactones) is 1. The summed E-state index contributed by atoms with van der Waals surface area (Å²) in [5, 5.41) is 2.20. The number of carbonyl (C=O) groups is 1. The van der Waals surface area contributed by atoms with Crippen LogP contribution in [0.1, 0.15) is 18.1 Å². The maximum Gasteiger partial charge on any atom is 0.363 e. The SMILES string of the molecule is CCOc1ccccc1/C=C1\N=C(c2ccc3ccccc3c2)OC1=O. The van der Waals surface area contributed by atoms with E-state index >= 15 is 0 Å². The van der Waals surface area contributed by atoms with Crippen molar-refractivity contribution in [2.24, 2.45) is 4.99 Å². The molecule has 3 aromatic rings. The van der Waals surface area contributed by atoms with Crippen LogP contribution in [0.4, 0.5) is 0 Å². The van der Waals surface area contributed by atoms with Crippen LogP contribution in [0.25, 0.3) is 16.8 Å². The monoisotopic (exact) mass is 343 g/mol. The lowest BCUT2D eigenvalue weighted by molar-refractivity contribution is -0.129.